The molecule has 0 unspecified atom stereocenters. The lowest BCUT2D eigenvalue weighted by atomic mass is 10.3. The van der Waals surface area contributed by atoms with Crippen molar-refractivity contribution in [3.05, 3.63) is 0 Å². The van der Waals surface area contributed by atoms with E-state index in [1.807, 2.05) is 11.9 Å². The van der Waals surface area contributed by atoms with E-state index in [1.165, 1.54) is 4.90 Å². The summed E-state index contributed by atoms with van der Waals surface area (Å²) in [6, 6.07) is 0. The van der Waals surface area contributed by atoms with Gasteiger partial charge in [0.25, 0.3) is 0 Å². The van der Waals surface area contributed by atoms with Gasteiger partial charge >= 0.3 is 5.97 Å². The average Bonchev–Trinajstić information content (AvgIpc) is 2.31. The van der Waals surface area contributed by atoms with Gasteiger partial charge in [0, 0.05) is 26.2 Å². The standard InChI is InChI=1S/C12H19N3O3/c1-3-4-15(10-12(17)18)11(16)9-14-7-5-13(2)6-8-14/h1H,4-10H2,2H3,(H,17,18). The fourth-order valence-corrected chi connectivity index (χ4v) is 1.80. The molecule has 1 rings (SSSR count). The Kier molecular flexibility index (Phi) is 5.62. The number of likely N-dealkylation sites (N-methyl/N-ethyl adjacent to an activating group) is 1. The molecule has 0 saturated carbocycles. The summed E-state index contributed by atoms with van der Waals surface area (Å²) in [5.41, 5.74) is 0. The summed E-state index contributed by atoms with van der Waals surface area (Å²) < 4.78 is 0. The number of hydrogen-bond donors (Lipinski definition) is 1. The van der Waals surface area contributed by atoms with Crippen LogP contribution in [0.1, 0.15) is 0 Å². The van der Waals surface area contributed by atoms with Gasteiger partial charge in [-0.25, -0.2) is 0 Å². The van der Waals surface area contributed by atoms with Gasteiger partial charge < -0.3 is 14.9 Å². The van der Waals surface area contributed by atoms with Crippen LogP contribution in [0.25, 0.3) is 0 Å². The molecule has 1 saturated heterocycles. The van der Waals surface area contributed by atoms with Crippen molar-refractivity contribution < 1.29 is 14.7 Å². The van der Waals surface area contributed by atoms with Gasteiger partial charge in [0.2, 0.25) is 5.91 Å². The summed E-state index contributed by atoms with van der Waals surface area (Å²) in [5.74, 6) is 1.05. The normalized spacial score (nSPS) is 17.1. The van der Waals surface area contributed by atoms with Gasteiger partial charge in [0.1, 0.15) is 6.54 Å². The van der Waals surface area contributed by atoms with Crippen LogP contribution in [0, 0.1) is 12.3 Å². The van der Waals surface area contributed by atoms with E-state index in [0.717, 1.165) is 26.2 Å². The maximum atomic E-state index is 11.9. The molecule has 1 heterocycles. The Balaban J connectivity index is 2.46. The Hall–Kier alpha value is -1.58. The first-order chi connectivity index (χ1) is 8.52. The number of hydrogen-bond acceptors (Lipinski definition) is 4. The van der Waals surface area contributed by atoms with Crippen LogP contribution in [0.4, 0.5) is 0 Å². The molecule has 0 atom stereocenters. The van der Waals surface area contributed by atoms with E-state index in [0.29, 0.717) is 0 Å². The van der Waals surface area contributed by atoms with Crippen molar-refractivity contribution in [2.24, 2.45) is 0 Å². The van der Waals surface area contributed by atoms with Gasteiger partial charge in [-0.1, -0.05) is 5.92 Å². The van der Waals surface area contributed by atoms with Gasteiger partial charge in [0.15, 0.2) is 0 Å². The van der Waals surface area contributed by atoms with Crippen molar-refractivity contribution in [1.29, 1.82) is 0 Å². The van der Waals surface area contributed by atoms with Crippen molar-refractivity contribution >= 4 is 11.9 Å². The number of terminal acetylenes is 1. The Morgan fingerprint density at radius 2 is 1.94 bits per heavy atom. The van der Waals surface area contributed by atoms with E-state index >= 15 is 0 Å². The number of carboxylic acid groups (broad SMARTS) is 1. The monoisotopic (exact) mass is 253 g/mol. The van der Waals surface area contributed by atoms with E-state index in [2.05, 4.69) is 10.8 Å². The van der Waals surface area contributed by atoms with Crippen molar-refractivity contribution in [3.63, 3.8) is 0 Å². The number of carboxylic acids is 1. The first-order valence-corrected chi connectivity index (χ1v) is 5.87. The molecule has 1 fully saturated rings. The minimum absolute atomic E-state index is 0.0406. The third-order valence-corrected chi connectivity index (χ3v) is 2.92. The van der Waals surface area contributed by atoms with E-state index in [4.69, 9.17) is 11.5 Å². The molecule has 0 aromatic rings. The van der Waals surface area contributed by atoms with Crippen molar-refractivity contribution in [2.75, 3.05) is 52.9 Å². The van der Waals surface area contributed by atoms with Crippen LogP contribution in [0.3, 0.4) is 0 Å². The van der Waals surface area contributed by atoms with Gasteiger partial charge in [-0.2, -0.15) is 0 Å². The maximum absolute atomic E-state index is 11.9. The molecule has 0 radical (unpaired) electrons. The molecule has 1 aliphatic heterocycles. The Labute approximate surface area is 107 Å². The largest absolute Gasteiger partial charge is 0.480 e. The Morgan fingerprint density at radius 3 is 2.44 bits per heavy atom. The van der Waals surface area contributed by atoms with Gasteiger partial charge in [-0.15, -0.1) is 6.42 Å². The summed E-state index contributed by atoms with van der Waals surface area (Å²) in [7, 11) is 2.04. The summed E-state index contributed by atoms with van der Waals surface area (Å²) in [5, 5.41) is 8.72. The zero-order chi connectivity index (χ0) is 13.5. The molecule has 1 amide bonds. The van der Waals surface area contributed by atoms with E-state index in [-0.39, 0.29) is 25.5 Å². The molecule has 1 aliphatic rings. The highest BCUT2D eigenvalue weighted by Crippen LogP contribution is 2.00. The number of nitrogens with zero attached hydrogens (tertiary/aromatic N) is 3. The third-order valence-electron chi connectivity index (χ3n) is 2.92. The Morgan fingerprint density at radius 1 is 1.33 bits per heavy atom. The number of carbonyl (C=O) groups excluding carboxylic acids is 1. The number of amides is 1. The second kappa shape index (κ2) is 6.99. The SMILES string of the molecule is C#CCN(CC(=O)O)C(=O)CN1CCN(C)CC1. The predicted octanol–water partition coefficient (Wildman–Crippen LogP) is -1.22. The second-order valence-corrected chi connectivity index (χ2v) is 4.43. The number of piperazine rings is 1. The van der Waals surface area contributed by atoms with Gasteiger partial charge in [-0.3, -0.25) is 14.5 Å². The van der Waals surface area contributed by atoms with Crippen molar-refractivity contribution in [2.45, 2.75) is 0 Å². The highest BCUT2D eigenvalue weighted by Gasteiger charge is 2.21. The molecule has 0 aromatic carbocycles. The number of rotatable bonds is 5. The molecule has 18 heavy (non-hydrogen) atoms. The zero-order valence-corrected chi connectivity index (χ0v) is 10.6. The predicted molar refractivity (Wildman–Crippen MR) is 67.0 cm³/mol. The molecule has 0 bridgehead atoms. The van der Waals surface area contributed by atoms with Crippen LogP contribution in [0.5, 0.6) is 0 Å². The molecule has 6 nitrogen and oxygen atoms in total. The topological polar surface area (TPSA) is 64.1 Å². The minimum Gasteiger partial charge on any atom is -0.480 e. The molecule has 1 N–H and O–H groups in total. The maximum Gasteiger partial charge on any atom is 0.323 e. The number of aliphatic carboxylic acids is 1. The molecule has 0 spiro atoms. The smallest absolute Gasteiger partial charge is 0.323 e. The lowest BCUT2D eigenvalue weighted by Crippen LogP contribution is -2.49. The van der Waals surface area contributed by atoms with Gasteiger partial charge in [0.05, 0.1) is 13.1 Å². The van der Waals surface area contributed by atoms with Crippen LogP contribution in [0.15, 0.2) is 0 Å². The van der Waals surface area contributed by atoms with Crippen LogP contribution in [-0.2, 0) is 9.59 Å². The summed E-state index contributed by atoms with van der Waals surface area (Å²) in [4.78, 5) is 28.0. The molecular formula is C12H19N3O3. The highest BCUT2D eigenvalue weighted by molar-refractivity contribution is 5.83. The lowest BCUT2D eigenvalue weighted by molar-refractivity contribution is -0.144. The van der Waals surface area contributed by atoms with Crippen LogP contribution in [-0.4, -0.2) is 84.5 Å². The molecule has 100 valence electrons. The first kappa shape index (κ1) is 14.5. The van der Waals surface area contributed by atoms with Gasteiger partial charge in [-0.05, 0) is 7.05 Å². The quantitative estimate of drug-likeness (QED) is 0.622. The van der Waals surface area contributed by atoms with E-state index in [9.17, 15) is 9.59 Å². The van der Waals surface area contributed by atoms with Crippen molar-refractivity contribution in [1.82, 2.24) is 14.7 Å². The fourth-order valence-electron chi connectivity index (χ4n) is 1.80. The highest BCUT2D eigenvalue weighted by atomic mass is 16.4. The third kappa shape index (κ3) is 4.73. The van der Waals surface area contributed by atoms with Crippen LogP contribution >= 0.6 is 0 Å². The Bertz CT molecular complexity index is 343. The zero-order valence-electron chi connectivity index (χ0n) is 10.6. The van der Waals surface area contributed by atoms with Crippen LogP contribution in [0.2, 0.25) is 0 Å². The number of carbonyl (C=O) groups is 2. The van der Waals surface area contributed by atoms with E-state index in [1.54, 1.807) is 0 Å². The summed E-state index contributed by atoms with van der Waals surface area (Å²) in [6.45, 7) is 3.42. The molecule has 0 aliphatic carbocycles. The average molecular weight is 253 g/mol. The molecule has 6 heteroatoms. The van der Waals surface area contributed by atoms with Crippen LogP contribution < -0.4 is 0 Å². The summed E-state index contributed by atoms with van der Waals surface area (Å²) in [6.07, 6.45) is 5.14. The van der Waals surface area contributed by atoms with E-state index < -0.39 is 5.97 Å². The molecular weight excluding hydrogens is 234 g/mol. The second-order valence-electron chi connectivity index (χ2n) is 4.43. The lowest BCUT2D eigenvalue weighted by Gasteiger charge is -2.32. The molecule has 0 aromatic heterocycles. The fraction of sp³-hybridized carbons (Fsp3) is 0.667. The summed E-state index contributed by atoms with van der Waals surface area (Å²) >= 11 is 0. The minimum atomic E-state index is -1.04. The first-order valence-electron chi connectivity index (χ1n) is 5.87. The van der Waals surface area contributed by atoms with Crippen molar-refractivity contribution in [3.8, 4) is 12.3 Å².